The van der Waals surface area contributed by atoms with E-state index in [4.69, 9.17) is 9.47 Å². The molecule has 1 aliphatic heterocycles. The minimum Gasteiger partial charge on any atom is -0.493 e. The molecule has 1 aliphatic rings. The SMILES string of the molecule is CCOc1ccccc1/C=N\N1CCN(/N=C/c2ccccc2OCC)CC1. The summed E-state index contributed by atoms with van der Waals surface area (Å²) >= 11 is 0. The van der Waals surface area contributed by atoms with Crippen LogP contribution in [0.1, 0.15) is 25.0 Å². The summed E-state index contributed by atoms with van der Waals surface area (Å²) in [4.78, 5) is 0. The van der Waals surface area contributed by atoms with Gasteiger partial charge in [-0.25, -0.2) is 0 Å². The van der Waals surface area contributed by atoms with Gasteiger partial charge in [-0.2, -0.15) is 10.2 Å². The van der Waals surface area contributed by atoms with Gasteiger partial charge in [0.2, 0.25) is 0 Å². The zero-order valence-corrected chi connectivity index (χ0v) is 16.6. The molecule has 148 valence electrons. The van der Waals surface area contributed by atoms with Gasteiger partial charge in [-0.05, 0) is 38.1 Å². The lowest BCUT2D eigenvalue weighted by Crippen LogP contribution is -2.41. The maximum absolute atomic E-state index is 5.65. The molecule has 28 heavy (non-hydrogen) atoms. The predicted octanol–water partition coefficient (Wildman–Crippen LogP) is 3.47. The first kappa shape index (κ1) is 19.7. The molecule has 3 rings (SSSR count). The topological polar surface area (TPSA) is 49.7 Å². The van der Waals surface area contributed by atoms with Crippen molar-refractivity contribution >= 4 is 12.4 Å². The van der Waals surface area contributed by atoms with Crippen LogP contribution in [-0.4, -0.2) is 61.8 Å². The molecule has 2 aromatic rings. The Balaban J connectivity index is 1.54. The molecule has 0 spiro atoms. The number of hydrogen-bond acceptors (Lipinski definition) is 6. The Labute approximate surface area is 167 Å². The van der Waals surface area contributed by atoms with E-state index in [0.717, 1.165) is 48.8 Å². The highest BCUT2D eigenvalue weighted by molar-refractivity contribution is 5.83. The molecule has 6 heteroatoms. The van der Waals surface area contributed by atoms with Gasteiger partial charge < -0.3 is 9.47 Å². The first-order valence-electron chi connectivity index (χ1n) is 9.81. The van der Waals surface area contributed by atoms with Gasteiger partial charge in [-0.3, -0.25) is 10.0 Å². The summed E-state index contributed by atoms with van der Waals surface area (Å²) in [6.07, 6.45) is 3.75. The van der Waals surface area contributed by atoms with Gasteiger partial charge in [0.1, 0.15) is 11.5 Å². The van der Waals surface area contributed by atoms with Crippen molar-refractivity contribution in [3.05, 3.63) is 59.7 Å². The Morgan fingerprint density at radius 2 is 1.11 bits per heavy atom. The van der Waals surface area contributed by atoms with Crippen LogP contribution in [0, 0.1) is 0 Å². The lowest BCUT2D eigenvalue weighted by Gasteiger charge is -2.31. The first-order valence-corrected chi connectivity index (χ1v) is 9.81. The fraction of sp³-hybridized carbons (Fsp3) is 0.364. The van der Waals surface area contributed by atoms with E-state index in [-0.39, 0.29) is 0 Å². The highest BCUT2D eigenvalue weighted by Crippen LogP contribution is 2.17. The minimum absolute atomic E-state index is 0.647. The second-order valence-corrected chi connectivity index (χ2v) is 6.34. The molecule has 6 nitrogen and oxygen atoms in total. The maximum atomic E-state index is 5.65. The molecule has 0 unspecified atom stereocenters. The van der Waals surface area contributed by atoms with E-state index in [1.165, 1.54) is 0 Å². The Bertz CT molecular complexity index is 731. The summed E-state index contributed by atoms with van der Waals surface area (Å²) < 4.78 is 11.3. The van der Waals surface area contributed by atoms with E-state index < -0.39 is 0 Å². The van der Waals surface area contributed by atoms with Gasteiger partial charge in [-0.15, -0.1) is 0 Å². The molecule has 1 fully saturated rings. The second kappa shape index (κ2) is 10.3. The minimum atomic E-state index is 0.647. The number of nitrogens with zero attached hydrogens (tertiary/aromatic N) is 4. The molecule has 0 aliphatic carbocycles. The number of para-hydroxylation sites is 2. The maximum Gasteiger partial charge on any atom is 0.128 e. The average Bonchev–Trinajstić information content (AvgIpc) is 2.74. The van der Waals surface area contributed by atoms with E-state index in [2.05, 4.69) is 20.2 Å². The molecule has 0 N–H and O–H groups in total. The van der Waals surface area contributed by atoms with Crippen LogP contribution in [0.3, 0.4) is 0 Å². The van der Waals surface area contributed by atoms with Crippen LogP contribution in [0.2, 0.25) is 0 Å². The monoisotopic (exact) mass is 380 g/mol. The van der Waals surface area contributed by atoms with Crippen molar-refractivity contribution in [3.8, 4) is 11.5 Å². The summed E-state index contributed by atoms with van der Waals surface area (Å²) in [7, 11) is 0. The van der Waals surface area contributed by atoms with Crippen molar-refractivity contribution in [1.82, 2.24) is 10.0 Å². The molecule has 0 atom stereocenters. The molecular formula is C22H28N4O2. The molecule has 0 saturated carbocycles. The number of hydrogen-bond donors (Lipinski definition) is 0. The van der Waals surface area contributed by atoms with Gasteiger partial charge in [-0.1, -0.05) is 24.3 Å². The van der Waals surface area contributed by atoms with E-state index in [9.17, 15) is 0 Å². The zero-order chi connectivity index (χ0) is 19.6. The van der Waals surface area contributed by atoms with E-state index in [1.54, 1.807) is 0 Å². The smallest absolute Gasteiger partial charge is 0.128 e. The van der Waals surface area contributed by atoms with E-state index >= 15 is 0 Å². The number of piperazine rings is 1. The van der Waals surface area contributed by atoms with Crippen molar-refractivity contribution in [1.29, 1.82) is 0 Å². The zero-order valence-electron chi connectivity index (χ0n) is 16.6. The third-order valence-corrected chi connectivity index (χ3v) is 4.39. The van der Waals surface area contributed by atoms with Crippen LogP contribution in [0.4, 0.5) is 0 Å². The summed E-state index contributed by atoms with van der Waals surface area (Å²) in [6, 6.07) is 15.9. The van der Waals surface area contributed by atoms with Crippen molar-refractivity contribution in [2.24, 2.45) is 10.2 Å². The molecule has 0 aromatic heterocycles. The molecule has 0 radical (unpaired) electrons. The fourth-order valence-electron chi connectivity index (χ4n) is 2.95. The van der Waals surface area contributed by atoms with Crippen LogP contribution in [0.15, 0.2) is 58.7 Å². The lowest BCUT2D eigenvalue weighted by molar-refractivity contribution is 0.141. The molecule has 1 saturated heterocycles. The second-order valence-electron chi connectivity index (χ2n) is 6.34. The highest BCUT2D eigenvalue weighted by atomic mass is 16.5. The molecule has 1 heterocycles. The van der Waals surface area contributed by atoms with Crippen LogP contribution in [-0.2, 0) is 0 Å². The third-order valence-electron chi connectivity index (χ3n) is 4.39. The standard InChI is InChI=1S/C22H28N4O2/c1-3-27-21-11-7-5-9-19(21)17-23-25-13-15-26(16-14-25)24-18-20-10-6-8-12-22(20)28-4-2/h5-12,17-18H,3-4,13-16H2,1-2H3/b23-17-,24-18+. The van der Waals surface area contributed by atoms with Crippen molar-refractivity contribution in [2.75, 3.05) is 39.4 Å². The molecular weight excluding hydrogens is 352 g/mol. The van der Waals surface area contributed by atoms with Gasteiger partial charge in [0.05, 0.1) is 51.8 Å². The fourth-order valence-corrected chi connectivity index (χ4v) is 2.95. The summed E-state index contributed by atoms with van der Waals surface area (Å²) in [6.45, 7) is 8.59. The van der Waals surface area contributed by atoms with Crippen LogP contribution in [0.25, 0.3) is 0 Å². The van der Waals surface area contributed by atoms with Gasteiger partial charge in [0.15, 0.2) is 0 Å². The summed E-state index contributed by atoms with van der Waals surface area (Å²) in [5.74, 6) is 1.73. The largest absolute Gasteiger partial charge is 0.493 e. The number of rotatable bonds is 8. The first-order chi connectivity index (χ1) is 13.8. The Morgan fingerprint density at radius 1 is 0.714 bits per heavy atom. The molecule has 0 bridgehead atoms. The highest BCUT2D eigenvalue weighted by Gasteiger charge is 2.13. The Hall–Kier alpha value is -3.02. The third kappa shape index (κ3) is 5.49. The van der Waals surface area contributed by atoms with Crippen molar-refractivity contribution in [2.45, 2.75) is 13.8 Å². The van der Waals surface area contributed by atoms with Crippen molar-refractivity contribution < 1.29 is 9.47 Å². The van der Waals surface area contributed by atoms with Gasteiger partial charge in [0, 0.05) is 11.1 Å². The molecule has 2 aromatic carbocycles. The van der Waals surface area contributed by atoms with Gasteiger partial charge in [0.25, 0.3) is 0 Å². The number of benzene rings is 2. The Morgan fingerprint density at radius 3 is 1.50 bits per heavy atom. The van der Waals surface area contributed by atoms with Crippen LogP contribution < -0.4 is 9.47 Å². The van der Waals surface area contributed by atoms with E-state index in [1.807, 2.05) is 74.8 Å². The summed E-state index contributed by atoms with van der Waals surface area (Å²) in [5, 5.41) is 13.4. The van der Waals surface area contributed by atoms with Crippen LogP contribution >= 0.6 is 0 Å². The number of hydrazone groups is 2. The molecule has 0 amide bonds. The Kier molecular flexibility index (Phi) is 7.29. The van der Waals surface area contributed by atoms with Crippen LogP contribution in [0.5, 0.6) is 11.5 Å². The average molecular weight is 380 g/mol. The lowest BCUT2D eigenvalue weighted by atomic mass is 10.2. The summed E-state index contributed by atoms with van der Waals surface area (Å²) in [5.41, 5.74) is 2.00. The van der Waals surface area contributed by atoms with Crippen molar-refractivity contribution in [3.63, 3.8) is 0 Å². The predicted molar refractivity (Wildman–Crippen MR) is 114 cm³/mol. The number of ether oxygens (including phenoxy) is 2. The normalized spacial score (nSPS) is 14.8. The quantitative estimate of drug-likeness (QED) is 0.658. The van der Waals surface area contributed by atoms with Gasteiger partial charge >= 0.3 is 0 Å². The van der Waals surface area contributed by atoms with E-state index in [0.29, 0.717) is 13.2 Å².